The molecule has 3 N–H and O–H groups in total. The average molecular weight is 292 g/mol. The van der Waals surface area contributed by atoms with E-state index in [-0.39, 0.29) is 24.2 Å². The number of anilines is 1. The van der Waals surface area contributed by atoms with Crippen LogP contribution in [0.25, 0.3) is 0 Å². The summed E-state index contributed by atoms with van der Waals surface area (Å²) >= 11 is 0. The number of benzene rings is 1. The number of carbonyl (C=O) groups excluding carboxylic acids is 1. The van der Waals surface area contributed by atoms with Gasteiger partial charge in [-0.2, -0.15) is 0 Å². The first-order valence-corrected chi connectivity index (χ1v) is 6.96. The molecule has 1 saturated carbocycles. The highest BCUT2D eigenvalue weighted by Gasteiger charge is 2.28. The summed E-state index contributed by atoms with van der Waals surface area (Å²) in [6.07, 6.45) is 2.26. The van der Waals surface area contributed by atoms with Crippen molar-refractivity contribution in [2.45, 2.75) is 18.9 Å². The average Bonchev–Trinajstić information content (AvgIpc) is 3.29. The van der Waals surface area contributed by atoms with Gasteiger partial charge >= 0.3 is 0 Å². The number of nitrogens with zero attached hydrogens (tertiary/aromatic N) is 2. The number of nitrogens with one attached hydrogen (secondary N) is 1. The molecule has 0 bridgehead atoms. The molecule has 1 amide bonds. The summed E-state index contributed by atoms with van der Waals surface area (Å²) in [5, 5.41) is 13.7. The Morgan fingerprint density at radius 3 is 2.81 bits per heavy atom. The third-order valence-corrected chi connectivity index (χ3v) is 3.63. The minimum atomic E-state index is -0.452. The van der Waals surface area contributed by atoms with E-state index in [1.54, 1.807) is 30.1 Å². The first kappa shape index (κ1) is 15.2. The summed E-state index contributed by atoms with van der Waals surface area (Å²) in [6, 6.07) is 6.36. The Hall–Kier alpha value is -2.15. The number of amides is 1. The Morgan fingerprint density at radius 1 is 1.52 bits per heavy atom. The van der Waals surface area contributed by atoms with E-state index >= 15 is 0 Å². The Morgan fingerprint density at radius 2 is 2.19 bits per heavy atom. The predicted molar refractivity (Wildman–Crippen MR) is 80.1 cm³/mol. The molecule has 7 heteroatoms. The number of rotatable bonds is 7. The van der Waals surface area contributed by atoms with Crippen LogP contribution >= 0.6 is 0 Å². The van der Waals surface area contributed by atoms with Crippen molar-refractivity contribution in [3.05, 3.63) is 34.4 Å². The Bertz CT molecular complexity index is 531. The van der Waals surface area contributed by atoms with Gasteiger partial charge in [-0.1, -0.05) is 12.1 Å². The second-order valence-electron chi connectivity index (χ2n) is 5.41. The van der Waals surface area contributed by atoms with Crippen LogP contribution in [0.4, 0.5) is 11.4 Å². The molecule has 114 valence electrons. The van der Waals surface area contributed by atoms with Gasteiger partial charge < -0.3 is 16.0 Å². The number of carbonyl (C=O) groups is 1. The number of hydrogen-bond acceptors (Lipinski definition) is 5. The van der Waals surface area contributed by atoms with Crippen molar-refractivity contribution in [3.63, 3.8) is 0 Å². The molecule has 2 rings (SSSR count). The van der Waals surface area contributed by atoms with Crippen LogP contribution in [0, 0.1) is 16.0 Å². The Kier molecular flexibility index (Phi) is 4.74. The smallest absolute Gasteiger partial charge is 0.292 e. The van der Waals surface area contributed by atoms with Crippen LogP contribution < -0.4 is 16.0 Å². The molecule has 7 nitrogen and oxygen atoms in total. The number of likely N-dealkylation sites (N-methyl/N-ethyl adjacent to an activating group) is 1. The summed E-state index contributed by atoms with van der Waals surface area (Å²) in [4.78, 5) is 24.0. The van der Waals surface area contributed by atoms with E-state index in [0.29, 0.717) is 18.2 Å². The van der Waals surface area contributed by atoms with Crippen molar-refractivity contribution in [2.24, 2.45) is 11.7 Å². The van der Waals surface area contributed by atoms with E-state index in [1.165, 1.54) is 6.07 Å². The van der Waals surface area contributed by atoms with Gasteiger partial charge in [0.2, 0.25) is 5.91 Å². The van der Waals surface area contributed by atoms with Gasteiger partial charge in [0.1, 0.15) is 5.69 Å². The standard InChI is InChI=1S/C14H20N4O3/c1-17(12-4-2-3-5-13(12)18(20)21)9-14(19)16-8-11(15)10-6-7-10/h2-5,10-11H,6-9,15H2,1H3,(H,16,19). The maximum Gasteiger partial charge on any atom is 0.292 e. The van der Waals surface area contributed by atoms with Crippen molar-refractivity contribution in [3.8, 4) is 0 Å². The lowest BCUT2D eigenvalue weighted by Gasteiger charge is -2.19. The monoisotopic (exact) mass is 292 g/mol. The van der Waals surface area contributed by atoms with Crippen LogP contribution in [-0.2, 0) is 4.79 Å². The van der Waals surface area contributed by atoms with Crippen LogP contribution in [0.1, 0.15) is 12.8 Å². The lowest BCUT2D eigenvalue weighted by Crippen LogP contribution is -2.42. The van der Waals surface area contributed by atoms with E-state index < -0.39 is 4.92 Å². The summed E-state index contributed by atoms with van der Waals surface area (Å²) in [6.45, 7) is 0.510. The number of para-hydroxylation sites is 2. The van der Waals surface area contributed by atoms with Crippen molar-refractivity contribution in [2.75, 3.05) is 25.0 Å². The van der Waals surface area contributed by atoms with Crippen LogP contribution in [-0.4, -0.2) is 37.0 Å². The predicted octanol–water partition coefficient (Wildman–Crippen LogP) is 0.885. The number of nitro benzene ring substituents is 1. The summed E-state index contributed by atoms with van der Waals surface area (Å²) in [5.74, 6) is 0.338. The fourth-order valence-electron chi connectivity index (χ4n) is 2.22. The van der Waals surface area contributed by atoms with Gasteiger partial charge in [-0.15, -0.1) is 0 Å². The first-order valence-electron chi connectivity index (χ1n) is 6.96. The molecule has 0 saturated heterocycles. The van der Waals surface area contributed by atoms with Crippen molar-refractivity contribution >= 4 is 17.3 Å². The number of nitrogens with two attached hydrogens (primary N) is 1. The van der Waals surface area contributed by atoms with Crippen LogP contribution in [0.15, 0.2) is 24.3 Å². The van der Waals surface area contributed by atoms with Gasteiger partial charge in [-0.05, 0) is 24.8 Å². The van der Waals surface area contributed by atoms with E-state index in [2.05, 4.69) is 5.32 Å². The van der Waals surface area contributed by atoms with Crippen LogP contribution in [0.2, 0.25) is 0 Å². The molecular formula is C14H20N4O3. The highest BCUT2D eigenvalue weighted by Crippen LogP contribution is 2.31. The molecule has 0 spiro atoms. The molecule has 0 aromatic heterocycles. The minimum absolute atomic E-state index is 0.00492. The molecule has 1 aliphatic carbocycles. The molecule has 1 aromatic carbocycles. The van der Waals surface area contributed by atoms with Crippen molar-refractivity contribution < 1.29 is 9.72 Å². The molecule has 1 aliphatic rings. The fourth-order valence-corrected chi connectivity index (χ4v) is 2.22. The molecule has 0 heterocycles. The van der Waals surface area contributed by atoms with Gasteiger partial charge in [0, 0.05) is 25.7 Å². The topological polar surface area (TPSA) is 102 Å². The third-order valence-electron chi connectivity index (χ3n) is 3.63. The van der Waals surface area contributed by atoms with E-state index in [9.17, 15) is 14.9 Å². The Balaban J connectivity index is 1.89. The van der Waals surface area contributed by atoms with E-state index in [0.717, 1.165) is 12.8 Å². The van der Waals surface area contributed by atoms with Crippen LogP contribution in [0.3, 0.4) is 0 Å². The molecule has 1 atom stereocenters. The second-order valence-corrected chi connectivity index (χ2v) is 5.41. The molecule has 21 heavy (non-hydrogen) atoms. The first-order chi connectivity index (χ1) is 9.99. The van der Waals surface area contributed by atoms with E-state index in [4.69, 9.17) is 5.73 Å². The summed E-state index contributed by atoms with van der Waals surface area (Å²) in [7, 11) is 1.66. The quantitative estimate of drug-likeness (QED) is 0.574. The zero-order valence-electron chi connectivity index (χ0n) is 12.0. The Labute approximate surface area is 123 Å². The molecule has 1 aromatic rings. The van der Waals surface area contributed by atoms with Gasteiger partial charge in [0.15, 0.2) is 0 Å². The molecule has 1 fully saturated rings. The van der Waals surface area contributed by atoms with E-state index in [1.807, 2.05) is 0 Å². The maximum atomic E-state index is 11.9. The number of hydrogen-bond donors (Lipinski definition) is 2. The summed E-state index contributed by atoms with van der Waals surface area (Å²) < 4.78 is 0. The molecular weight excluding hydrogens is 272 g/mol. The maximum absolute atomic E-state index is 11.9. The normalized spacial score (nSPS) is 15.3. The lowest BCUT2D eigenvalue weighted by molar-refractivity contribution is -0.384. The largest absolute Gasteiger partial charge is 0.360 e. The highest BCUT2D eigenvalue weighted by atomic mass is 16.6. The van der Waals surface area contributed by atoms with Gasteiger partial charge in [0.25, 0.3) is 5.69 Å². The number of nitro groups is 1. The SMILES string of the molecule is CN(CC(=O)NCC(N)C1CC1)c1ccccc1[N+](=O)[O-]. The fraction of sp³-hybridized carbons (Fsp3) is 0.500. The van der Waals surface area contributed by atoms with Gasteiger partial charge in [0.05, 0.1) is 11.5 Å². The minimum Gasteiger partial charge on any atom is -0.360 e. The van der Waals surface area contributed by atoms with Gasteiger partial charge in [-0.25, -0.2) is 0 Å². The second kappa shape index (κ2) is 6.53. The van der Waals surface area contributed by atoms with Crippen molar-refractivity contribution in [1.82, 2.24) is 5.32 Å². The zero-order valence-corrected chi connectivity index (χ0v) is 12.0. The van der Waals surface area contributed by atoms with Crippen molar-refractivity contribution in [1.29, 1.82) is 0 Å². The third kappa shape index (κ3) is 4.16. The van der Waals surface area contributed by atoms with Gasteiger partial charge in [-0.3, -0.25) is 14.9 Å². The lowest BCUT2D eigenvalue weighted by atomic mass is 10.2. The molecule has 1 unspecified atom stereocenters. The summed E-state index contributed by atoms with van der Waals surface area (Å²) in [5.41, 5.74) is 6.32. The molecule has 0 aliphatic heterocycles. The molecule has 0 radical (unpaired) electrons. The van der Waals surface area contributed by atoms with Crippen LogP contribution in [0.5, 0.6) is 0 Å². The zero-order chi connectivity index (χ0) is 15.4. The highest BCUT2D eigenvalue weighted by molar-refractivity contribution is 5.82.